The van der Waals surface area contributed by atoms with Crippen molar-refractivity contribution < 1.29 is 4.74 Å². The summed E-state index contributed by atoms with van der Waals surface area (Å²) in [5.74, 6) is 4.79. The van der Waals surface area contributed by atoms with Crippen molar-refractivity contribution in [2.24, 2.45) is 9.98 Å². The van der Waals surface area contributed by atoms with Crippen molar-refractivity contribution in [3.05, 3.63) is 317 Å². The topological polar surface area (TPSA) is 315 Å². The maximum absolute atomic E-state index is 5.30. The van der Waals surface area contributed by atoms with Gasteiger partial charge in [-0.2, -0.15) is 30.1 Å². The molecule has 26 rings (SSSR count). The number of anilines is 1. The molecule has 604 valence electrons. The van der Waals surface area contributed by atoms with E-state index in [-0.39, 0.29) is 0 Å². The average Bonchev–Trinajstić information content (AvgIpc) is 1.77. The van der Waals surface area contributed by atoms with Crippen molar-refractivity contribution in [3.8, 4) is 5.75 Å². The van der Waals surface area contributed by atoms with Crippen LogP contribution in [0.25, 0.3) is 29.8 Å². The molecule has 0 bridgehead atoms. The molecule has 0 radical (unpaired) electrons. The minimum Gasteiger partial charge on any atom is -0.488 e. The summed E-state index contributed by atoms with van der Waals surface area (Å²) in [6.07, 6.45) is 56.8. The number of fused-ring (bicyclic) bond motifs is 13. The molecule has 1 saturated heterocycles. The molecule has 22 heterocycles. The minimum atomic E-state index is 0.735. The Balaban J connectivity index is 0.000000105. The lowest BCUT2D eigenvalue weighted by Gasteiger charge is -2.16. The number of piperidine rings is 1. The lowest BCUT2D eigenvalue weighted by Crippen LogP contribution is -2.29. The van der Waals surface area contributed by atoms with E-state index in [0.717, 1.165) is 210 Å². The molecule has 13 aliphatic rings. The highest BCUT2D eigenvalue weighted by molar-refractivity contribution is 6.02. The Hall–Kier alpha value is -13.0. The van der Waals surface area contributed by atoms with Gasteiger partial charge >= 0.3 is 0 Å². The van der Waals surface area contributed by atoms with Gasteiger partial charge in [-0.25, -0.2) is 29.6 Å². The fourth-order valence-electron chi connectivity index (χ4n) is 13.9. The lowest BCUT2D eigenvalue weighted by molar-refractivity contribution is 0.321. The fourth-order valence-corrected chi connectivity index (χ4v) is 13.9. The first kappa shape index (κ1) is 81.5. The molecule has 0 spiro atoms. The Morgan fingerprint density at radius 2 is 1.07 bits per heavy atom. The number of aliphatic imine (C=N–C) groups is 2. The van der Waals surface area contributed by atoms with Crippen LogP contribution in [0.2, 0.25) is 0 Å². The van der Waals surface area contributed by atoms with E-state index in [0.29, 0.717) is 0 Å². The molecule has 1 fully saturated rings. The Bertz CT molecular complexity index is 4710. The van der Waals surface area contributed by atoms with Gasteiger partial charge in [-0.1, -0.05) is 66.8 Å². The lowest BCUT2D eigenvalue weighted by atomic mass is 10.1. The summed E-state index contributed by atoms with van der Waals surface area (Å²) in [6.45, 7) is 19.9. The minimum absolute atomic E-state index is 0.735. The van der Waals surface area contributed by atoms with Crippen LogP contribution >= 0.6 is 0 Å². The Morgan fingerprint density at radius 3 is 1.84 bits per heavy atom. The molecule has 29 heteroatoms. The number of nitrogens with zero attached hydrogens (tertiary/aromatic N) is 21. The van der Waals surface area contributed by atoms with Gasteiger partial charge in [-0.05, 0) is 149 Å². The van der Waals surface area contributed by atoms with Gasteiger partial charge in [-0.15, -0.1) is 0 Å². The summed E-state index contributed by atoms with van der Waals surface area (Å²) in [4.78, 5) is 41.1. The van der Waals surface area contributed by atoms with Gasteiger partial charge in [-0.3, -0.25) is 34.3 Å². The van der Waals surface area contributed by atoms with Crippen molar-refractivity contribution in [2.75, 3.05) is 70.8 Å². The number of hydrogen-bond acceptors (Lipinski definition) is 23. The van der Waals surface area contributed by atoms with Crippen LogP contribution in [0, 0.1) is 0 Å². The van der Waals surface area contributed by atoms with Crippen LogP contribution < -0.4 is 42.0 Å². The number of allylic oxidation sites excluding steroid dienone is 4. The predicted molar refractivity (Wildman–Crippen MR) is 463 cm³/mol. The van der Waals surface area contributed by atoms with E-state index < -0.39 is 0 Å². The highest BCUT2D eigenvalue weighted by Gasteiger charge is 2.16. The summed E-state index contributed by atoms with van der Waals surface area (Å²) >= 11 is 0. The van der Waals surface area contributed by atoms with E-state index in [9.17, 15) is 0 Å². The molecule has 13 aromatic heterocycles. The van der Waals surface area contributed by atoms with E-state index in [1.54, 1.807) is 35.7 Å². The van der Waals surface area contributed by atoms with E-state index in [1.807, 2.05) is 149 Å². The Labute approximate surface area is 687 Å². The smallest absolute Gasteiger partial charge is 0.168 e. The van der Waals surface area contributed by atoms with E-state index in [1.165, 1.54) is 73.0 Å². The third kappa shape index (κ3) is 24.5. The third-order valence-electron chi connectivity index (χ3n) is 20.1. The van der Waals surface area contributed by atoms with Crippen LogP contribution in [0.3, 0.4) is 0 Å². The van der Waals surface area contributed by atoms with Gasteiger partial charge in [0.15, 0.2) is 17.4 Å². The van der Waals surface area contributed by atoms with Crippen LogP contribution in [0.4, 0.5) is 11.6 Å². The van der Waals surface area contributed by atoms with E-state index in [2.05, 4.69) is 219 Å². The van der Waals surface area contributed by atoms with Gasteiger partial charge in [0.1, 0.15) is 24.6 Å². The molecular formula is C89H102N28O. The number of aromatic nitrogens is 19. The van der Waals surface area contributed by atoms with Gasteiger partial charge in [0, 0.05) is 208 Å². The largest absolute Gasteiger partial charge is 0.488 e. The average molecular weight is 1580 g/mol. The number of nitrogens with one attached hydrogen (secondary N) is 7. The van der Waals surface area contributed by atoms with Crippen molar-refractivity contribution in [2.45, 2.75) is 104 Å². The van der Waals surface area contributed by atoms with Crippen LogP contribution in [-0.4, -0.2) is 171 Å². The van der Waals surface area contributed by atoms with E-state index in [4.69, 9.17) is 4.74 Å². The second kappa shape index (κ2) is 44.7. The van der Waals surface area contributed by atoms with Crippen LogP contribution in [0.1, 0.15) is 85.5 Å². The molecule has 13 aromatic rings. The zero-order valence-electron chi connectivity index (χ0n) is 66.5. The fraction of sp³-hybridized carbons (Fsp3) is 0.292. The number of ether oxygens (including phenoxy) is 1. The summed E-state index contributed by atoms with van der Waals surface area (Å²) in [7, 11) is 0. The van der Waals surface area contributed by atoms with Crippen LogP contribution in [0.15, 0.2) is 248 Å². The summed E-state index contributed by atoms with van der Waals surface area (Å²) in [5, 5.41) is 42.9. The van der Waals surface area contributed by atoms with Crippen molar-refractivity contribution in [1.29, 1.82) is 0 Å². The maximum Gasteiger partial charge on any atom is 0.168 e. The standard InChI is InChI=1S/4C8H7N.C7H8N2O.2C7H10N2.C7H6N2.3C6H9N3.C6H5N3.C5H8N4/c2*1-3-7-4-2-6-9-8(7)5-1;2*1-2-7-4-5-9-6-8(7)3-1;1-2-6-7(8-3-1)9-4-5-10-6;1-4-9-7-2-3-8-5-6(1)7;1-2-7-6-8-3-5-9(7)4-1;1-2-6-3-5-9-7(6)8-4-1;1-3-9-4-2-8-6(9)5-7-1;2*1-2-8-9-4-3-7-5-6(1)9;1-2-6-3-5-8-9(6)7-4-1;1-2-9-5(3-6-1)7-4-8-9/h1-2,4-6H,3H2;1-4,6H,5H2;1,3-6H,2H2;1-2,4-6H,3H2;1-3H,4-5H2,(H,8,9);1,8H,2-5H2;1-2,4,8H,3,5-6H2;1-2,4-5H,3H2;2,4,7H,1,3,5H2;2*1-2,7H,3-5H2;1-5H;4,6H,1-3H2. The molecule has 29 nitrogen and oxygen atoms in total. The van der Waals surface area contributed by atoms with E-state index >= 15 is 0 Å². The zero-order chi connectivity index (χ0) is 80.1. The van der Waals surface area contributed by atoms with Crippen molar-refractivity contribution in [1.82, 2.24) is 125 Å². The first-order chi connectivity index (χ1) is 58.6. The SMILES string of the molecule is C1=C2CNCCC2=NC1.C1=Cc2cccnc2C1.C1=Cc2ccncc2C1.C1=Cc2cnccc2C1.C1=Cc2ncccc2C1.C1=Nc2ncccc2C1.c1cc2n(c1)CCNC2.c1cc2n(n1)CCNC2.c1cc2n(n1)CCNC2.c1cn2c(n1)CNCC2.c1cnc2c(c1)OCCN2.c1cnn2nccc2c1.c1nc2n(n1)CCNC2. The second-order valence-electron chi connectivity index (χ2n) is 28.1. The normalized spacial score (nSPS) is 15.8. The molecule has 0 atom stereocenters. The van der Waals surface area contributed by atoms with Gasteiger partial charge < -0.3 is 51.1 Å². The highest BCUT2D eigenvalue weighted by atomic mass is 16.5. The maximum atomic E-state index is 5.30. The first-order valence-electron chi connectivity index (χ1n) is 40.5. The molecule has 0 aromatic carbocycles. The molecule has 118 heavy (non-hydrogen) atoms. The van der Waals surface area contributed by atoms with Gasteiger partial charge in [0.25, 0.3) is 0 Å². The van der Waals surface area contributed by atoms with Crippen molar-refractivity contribution in [3.63, 3.8) is 0 Å². The summed E-state index contributed by atoms with van der Waals surface area (Å²) in [5.41, 5.74) is 19.3. The molecular weight excluding hydrogens is 1480 g/mol. The number of hydrogen-bond donors (Lipinski definition) is 7. The molecule has 9 aliphatic heterocycles. The van der Waals surface area contributed by atoms with Gasteiger partial charge in [0.2, 0.25) is 0 Å². The Kier molecular flexibility index (Phi) is 30.9. The number of pyridine rings is 6. The molecule has 4 aliphatic carbocycles. The number of imidazole rings is 1. The third-order valence-corrected chi connectivity index (χ3v) is 20.1. The monoisotopic (exact) mass is 1580 g/mol. The Morgan fingerprint density at radius 1 is 0.398 bits per heavy atom. The zero-order valence-corrected chi connectivity index (χ0v) is 66.5. The summed E-state index contributed by atoms with van der Waals surface area (Å²) < 4.78 is 17.4. The molecule has 7 N–H and O–H groups in total. The molecule has 0 amide bonds. The quantitative estimate of drug-likeness (QED) is 0.0742. The number of rotatable bonds is 0. The predicted octanol–water partition coefficient (Wildman–Crippen LogP) is 9.85. The first-order valence-corrected chi connectivity index (χ1v) is 40.5. The van der Waals surface area contributed by atoms with Crippen LogP contribution in [0.5, 0.6) is 5.75 Å². The molecule has 0 unspecified atom stereocenters. The van der Waals surface area contributed by atoms with Crippen molar-refractivity contribution >= 4 is 53.4 Å². The van der Waals surface area contributed by atoms with Gasteiger partial charge in [0.05, 0.1) is 80.3 Å². The summed E-state index contributed by atoms with van der Waals surface area (Å²) in [6, 6.07) is 34.1. The molecule has 0 saturated carbocycles. The van der Waals surface area contributed by atoms with Crippen LogP contribution in [-0.2, 0) is 97.6 Å². The highest BCUT2D eigenvalue weighted by Crippen LogP contribution is 2.24. The second-order valence-corrected chi connectivity index (χ2v) is 28.1.